The highest BCUT2D eigenvalue weighted by molar-refractivity contribution is 6.36. The number of nitrogens with zero attached hydrogens (tertiary/aromatic N) is 1. The monoisotopic (exact) mass is 359 g/mol. The fourth-order valence-corrected chi connectivity index (χ4v) is 4.97. The minimum absolute atomic E-state index is 0.635. The molecule has 0 unspecified atom stereocenters. The molecule has 3 heterocycles. The largest absolute Gasteiger partial charge is 0.370 e. The fourth-order valence-electron chi connectivity index (χ4n) is 4.52. The van der Waals surface area contributed by atoms with Gasteiger partial charge in [-0.1, -0.05) is 23.2 Å². The molecule has 24 heavy (non-hydrogen) atoms. The van der Waals surface area contributed by atoms with Crippen molar-refractivity contribution in [2.45, 2.75) is 12.3 Å². The lowest BCUT2D eigenvalue weighted by molar-refractivity contribution is 0.491. The maximum atomic E-state index is 6.33. The van der Waals surface area contributed by atoms with Gasteiger partial charge in [0.25, 0.3) is 0 Å². The average Bonchev–Trinajstić information content (AvgIpc) is 3.18. The maximum absolute atomic E-state index is 6.33. The fraction of sp³-hybridized carbons (Fsp3) is 0.368. The van der Waals surface area contributed by atoms with Crippen molar-refractivity contribution >= 4 is 40.3 Å². The third-order valence-corrected chi connectivity index (χ3v) is 6.14. The molecule has 124 valence electrons. The summed E-state index contributed by atoms with van der Waals surface area (Å²) in [5.41, 5.74) is 6.49. The summed E-state index contributed by atoms with van der Waals surface area (Å²) in [5.74, 6) is 1.37. The molecule has 5 heteroatoms. The topological polar surface area (TPSA) is 27.3 Å². The summed E-state index contributed by atoms with van der Waals surface area (Å²) in [5, 5.41) is 8.37. The van der Waals surface area contributed by atoms with Crippen molar-refractivity contribution in [3.8, 4) is 0 Å². The van der Waals surface area contributed by atoms with Crippen molar-refractivity contribution in [1.29, 1.82) is 0 Å². The van der Waals surface area contributed by atoms with E-state index in [1.165, 1.54) is 23.4 Å². The first-order chi connectivity index (χ1) is 11.7. The molecule has 3 nitrogen and oxygen atoms in total. The standard InChI is InChI=1S/C19H19Cl2N3/c20-13-1-2-18(17(21)6-13)23-14-5-11-3-4-24-10-12-8-22-9-16(12)15(7-14)19(11)24/h1-2,5-7,12,16,22-23H,3-4,8-10H2/t12-,16-/m0/s1. The van der Waals surface area contributed by atoms with Crippen molar-refractivity contribution in [2.75, 3.05) is 36.4 Å². The van der Waals surface area contributed by atoms with Gasteiger partial charge in [-0.3, -0.25) is 0 Å². The SMILES string of the molecule is Clc1ccc(Nc2cc3c4c(c2)[C@H]2CNC[C@H]2CN4CC3)c(Cl)c1. The summed E-state index contributed by atoms with van der Waals surface area (Å²) in [6.07, 6.45) is 1.14. The molecule has 2 aromatic rings. The van der Waals surface area contributed by atoms with Crippen LogP contribution in [-0.2, 0) is 6.42 Å². The van der Waals surface area contributed by atoms with E-state index in [-0.39, 0.29) is 0 Å². The lowest BCUT2D eigenvalue weighted by Gasteiger charge is -2.35. The van der Waals surface area contributed by atoms with Crippen LogP contribution in [0.5, 0.6) is 0 Å². The summed E-state index contributed by atoms with van der Waals surface area (Å²) in [6.45, 7) is 4.58. The highest BCUT2D eigenvalue weighted by Gasteiger charge is 2.39. The summed E-state index contributed by atoms with van der Waals surface area (Å²) in [6, 6.07) is 10.2. The molecule has 2 atom stereocenters. The number of fused-ring (bicyclic) bond motifs is 2. The van der Waals surface area contributed by atoms with E-state index in [4.69, 9.17) is 23.2 Å². The first-order valence-electron chi connectivity index (χ1n) is 8.53. The molecule has 1 fully saturated rings. The Kier molecular flexibility index (Phi) is 3.44. The van der Waals surface area contributed by atoms with Crippen LogP contribution in [0.2, 0.25) is 10.0 Å². The van der Waals surface area contributed by atoms with Gasteiger partial charge in [0.1, 0.15) is 0 Å². The van der Waals surface area contributed by atoms with Gasteiger partial charge in [0.15, 0.2) is 0 Å². The minimum atomic E-state index is 0.635. The van der Waals surface area contributed by atoms with E-state index in [1.54, 1.807) is 6.07 Å². The first kappa shape index (κ1) is 14.9. The molecule has 3 aliphatic rings. The summed E-state index contributed by atoms with van der Waals surface area (Å²) in [4.78, 5) is 2.58. The van der Waals surface area contributed by atoms with Crippen LogP contribution in [0.1, 0.15) is 17.0 Å². The van der Waals surface area contributed by atoms with Crippen LogP contribution in [0.15, 0.2) is 30.3 Å². The van der Waals surface area contributed by atoms with Gasteiger partial charge in [-0.05, 0) is 53.8 Å². The quantitative estimate of drug-likeness (QED) is 0.831. The molecule has 2 N–H and O–H groups in total. The number of hydrogen-bond donors (Lipinski definition) is 2. The zero-order valence-electron chi connectivity index (χ0n) is 13.3. The van der Waals surface area contributed by atoms with Crippen molar-refractivity contribution in [3.63, 3.8) is 0 Å². The van der Waals surface area contributed by atoms with E-state index >= 15 is 0 Å². The van der Waals surface area contributed by atoms with Gasteiger partial charge in [0.2, 0.25) is 0 Å². The highest BCUT2D eigenvalue weighted by atomic mass is 35.5. The van der Waals surface area contributed by atoms with E-state index in [0.717, 1.165) is 43.3 Å². The summed E-state index contributed by atoms with van der Waals surface area (Å²) < 4.78 is 0. The van der Waals surface area contributed by atoms with Gasteiger partial charge in [-0.25, -0.2) is 0 Å². The number of nitrogens with one attached hydrogen (secondary N) is 2. The van der Waals surface area contributed by atoms with E-state index < -0.39 is 0 Å². The van der Waals surface area contributed by atoms with Crippen LogP contribution in [0.25, 0.3) is 0 Å². The molecule has 0 aliphatic carbocycles. The Bertz CT molecular complexity index is 820. The Balaban J connectivity index is 1.56. The van der Waals surface area contributed by atoms with Gasteiger partial charge in [0, 0.05) is 48.5 Å². The lowest BCUT2D eigenvalue weighted by atomic mass is 9.83. The zero-order chi connectivity index (χ0) is 16.3. The number of rotatable bonds is 2. The molecule has 2 aromatic carbocycles. The normalized spacial score (nSPS) is 24.0. The smallest absolute Gasteiger partial charge is 0.0655 e. The van der Waals surface area contributed by atoms with Crippen LogP contribution < -0.4 is 15.5 Å². The molecule has 3 aliphatic heterocycles. The molecule has 5 rings (SSSR count). The molecule has 0 aromatic heterocycles. The van der Waals surface area contributed by atoms with Gasteiger partial charge in [-0.2, -0.15) is 0 Å². The van der Waals surface area contributed by atoms with Crippen LogP contribution in [0.3, 0.4) is 0 Å². The van der Waals surface area contributed by atoms with E-state index in [9.17, 15) is 0 Å². The van der Waals surface area contributed by atoms with E-state index in [0.29, 0.717) is 16.0 Å². The summed E-state index contributed by atoms with van der Waals surface area (Å²) >= 11 is 12.3. The Morgan fingerprint density at radius 2 is 2.04 bits per heavy atom. The van der Waals surface area contributed by atoms with Crippen molar-refractivity contribution in [2.24, 2.45) is 5.92 Å². The average molecular weight is 360 g/mol. The van der Waals surface area contributed by atoms with Gasteiger partial charge in [-0.15, -0.1) is 0 Å². The third kappa shape index (κ3) is 2.30. The number of benzene rings is 2. The molecule has 0 bridgehead atoms. The lowest BCUT2D eigenvalue weighted by Crippen LogP contribution is -2.35. The van der Waals surface area contributed by atoms with Gasteiger partial charge in [0.05, 0.1) is 10.7 Å². The Hall–Kier alpha value is -1.42. The molecule has 0 saturated carbocycles. The van der Waals surface area contributed by atoms with Crippen molar-refractivity contribution in [3.05, 3.63) is 51.5 Å². The summed E-state index contributed by atoms with van der Waals surface area (Å²) in [7, 11) is 0. The van der Waals surface area contributed by atoms with Crippen LogP contribution in [0, 0.1) is 5.92 Å². The van der Waals surface area contributed by atoms with Gasteiger partial charge < -0.3 is 15.5 Å². The number of hydrogen-bond acceptors (Lipinski definition) is 3. The van der Waals surface area contributed by atoms with Gasteiger partial charge >= 0.3 is 0 Å². The predicted octanol–water partition coefficient (Wildman–Crippen LogP) is 4.42. The van der Waals surface area contributed by atoms with E-state index in [1.807, 2.05) is 12.1 Å². The molecular weight excluding hydrogens is 341 g/mol. The zero-order valence-corrected chi connectivity index (χ0v) is 14.8. The second-order valence-electron chi connectivity index (χ2n) is 7.04. The predicted molar refractivity (Wildman–Crippen MR) is 101 cm³/mol. The van der Waals surface area contributed by atoms with Crippen molar-refractivity contribution in [1.82, 2.24) is 5.32 Å². The second-order valence-corrected chi connectivity index (χ2v) is 7.89. The molecular formula is C19H19Cl2N3. The van der Waals surface area contributed by atoms with Crippen LogP contribution in [-0.4, -0.2) is 26.2 Å². The first-order valence-corrected chi connectivity index (χ1v) is 9.29. The number of anilines is 3. The van der Waals surface area contributed by atoms with Crippen molar-refractivity contribution < 1.29 is 0 Å². The third-order valence-electron chi connectivity index (χ3n) is 5.59. The molecule has 0 spiro atoms. The minimum Gasteiger partial charge on any atom is -0.370 e. The van der Waals surface area contributed by atoms with E-state index in [2.05, 4.69) is 27.7 Å². The molecule has 0 amide bonds. The second kappa shape index (κ2) is 5.55. The Labute approximate surface area is 151 Å². The molecule has 1 saturated heterocycles. The Morgan fingerprint density at radius 1 is 1.12 bits per heavy atom. The van der Waals surface area contributed by atoms with Crippen LogP contribution in [0.4, 0.5) is 17.1 Å². The maximum Gasteiger partial charge on any atom is 0.0655 e. The number of halogens is 2. The van der Waals surface area contributed by atoms with Crippen LogP contribution >= 0.6 is 23.2 Å². The Morgan fingerprint density at radius 3 is 2.92 bits per heavy atom. The molecule has 0 radical (unpaired) electrons. The highest BCUT2D eigenvalue weighted by Crippen LogP contribution is 2.46.